The summed E-state index contributed by atoms with van der Waals surface area (Å²) < 4.78 is 5.27. The van der Waals surface area contributed by atoms with Gasteiger partial charge in [0.1, 0.15) is 29.9 Å². The zero-order valence-electron chi connectivity index (χ0n) is 27.0. The molecule has 3 N–H and O–H groups in total. The number of ether oxygens (including phenoxy) is 1. The van der Waals surface area contributed by atoms with Gasteiger partial charge in [-0.05, 0) is 67.9 Å². The van der Waals surface area contributed by atoms with Crippen LogP contribution in [0.15, 0.2) is 53.7 Å². The topological polar surface area (TPSA) is 130 Å². The Hall–Kier alpha value is -3.25. The van der Waals surface area contributed by atoms with Crippen molar-refractivity contribution in [3.05, 3.63) is 54.4 Å². The maximum absolute atomic E-state index is 13.9. The molecular formula is C34H47N5O5S2. The number of carbonyl (C=O) groups is 4. The molecule has 250 valence electrons. The highest BCUT2D eigenvalue weighted by molar-refractivity contribution is 8.76. The molecule has 0 spiro atoms. The molecule has 2 aliphatic rings. The van der Waals surface area contributed by atoms with Gasteiger partial charge in [0.25, 0.3) is 0 Å². The molecule has 10 nitrogen and oxygen atoms in total. The second kappa shape index (κ2) is 18.2. The average Bonchev–Trinajstić information content (AvgIpc) is 3.57. The van der Waals surface area contributed by atoms with Gasteiger partial charge >= 0.3 is 0 Å². The zero-order valence-corrected chi connectivity index (χ0v) is 28.7. The fourth-order valence-electron chi connectivity index (χ4n) is 5.77. The molecule has 4 amide bonds. The molecule has 0 bridgehead atoms. The van der Waals surface area contributed by atoms with E-state index in [4.69, 9.17) is 4.74 Å². The number of fused-ring (bicyclic) bond motifs is 1. The van der Waals surface area contributed by atoms with E-state index >= 15 is 0 Å². The number of carbonyl (C=O) groups excluding carboxylic acids is 4. The summed E-state index contributed by atoms with van der Waals surface area (Å²) in [5.41, 5.74) is 0.834. The van der Waals surface area contributed by atoms with Crippen molar-refractivity contribution in [2.45, 2.75) is 101 Å². The lowest BCUT2D eigenvalue weighted by atomic mass is 9.96. The van der Waals surface area contributed by atoms with E-state index in [1.54, 1.807) is 46.0 Å². The Morgan fingerprint density at radius 2 is 1.61 bits per heavy atom. The Kier molecular flexibility index (Phi) is 14.1. The van der Waals surface area contributed by atoms with Gasteiger partial charge in [0.2, 0.25) is 23.6 Å². The average molecular weight is 670 g/mol. The minimum Gasteiger partial charge on any atom is -0.497 e. The molecule has 5 atom stereocenters. The summed E-state index contributed by atoms with van der Waals surface area (Å²) in [6.45, 7) is 4.54. The molecule has 2 aromatic rings. The van der Waals surface area contributed by atoms with Crippen LogP contribution in [0.3, 0.4) is 0 Å². The summed E-state index contributed by atoms with van der Waals surface area (Å²) in [4.78, 5) is 61.9. The second-order valence-electron chi connectivity index (χ2n) is 12.1. The molecule has 1 unspecified atom stereocenters. The zero-order chi connectivity index (χ0) is 32.9. The number of methoxy groups -OCH3 is 1. The second-order valence-corrected chi connectivity index (χ2v) is 14.6. The van der Waals surface area contributed by atoms with E-state index in [9.17, 15) is 19.2 Å². The highest BCUT2D eigenvalue weighted by Gasteiger charge is 2.40. The van der Waals surface area contributed by atoms with Gasteiger partial charge in [-0.3, -0.25) is 24.2 Å². The molecule has 0 aliphatic carbocycles. The molecule has 2 saturated heterocycles. The summed E-state index contributed by atoms with van der Waals surface area (Å²) >= 11 is 0. The Labute approximate surface area is 280 Å². The van der Waals surface area contributed by atoms with Gasteiger partial charge < -0.3 is 25.6 Å². The van der Waals surface area contributed by atoms with Gasteiger partial charge in [-0.1, -0.05) is 66.8 Å². The van der Waals surface area contributed by atoms with Crippen molar-refractivity contribution in [1.82, 2.24) is 25.8 Å². The Morgan fingerprint density at radius 1 is 0.913 bits per heavy atom. The van der Waals surface area contributed by atoms with E-state index in [0.717, 1.165) is 41.9 Å². The van der Waals surface area contributed by atoms with Crippen molar-refractivity contribution in [3.63, 3.8) is 0 Å². The Bertz CT molecular complexity index is 1300. The molecule has 0 radical (unpaired) electrons. The number of nitrogens with one attached hydrogen (secondary N) is 3. The first-order valence-electron chi connectivity index (χ1n) is 16.3. The number of unbranched alkanes of at least 4 members (excludes halogenated alkanes) is 2. The van der Waals surface area contributed by atoms with Crippen molar-refractivity contribution in [1.29, 1.82) is 0 Å². The van der Waals surface area contributed by atoms with Crippen molar-refractivity contribution in [2.24, 2.45) is 5.92 Å². The molecule has 3 heterocycles. The lowest BCUT2D eigenvalue weighted by Crippen LogP contribution is -2.61. The van der Waals surface area contributed by atoms with E-state index in [1.807, 2.05) is 50.2 Å². The van der Waals surface area contributed by atoms with E-state index in [-0.39, 0.29) is 30.1 Å². The Morgan fingerprint density at radius 3 is 2.33 bits per heavy atom. The van der Waals surface area contributed by atoms with Crippen molar-refractivity contribution < 1.29 is 23.9 Å². The minimum atomic E-state index is -0.928. The fraction of sp³-hybridized carbons (Fsp3) is 0.559. The summed E-state index contributed by atoms with van der Waals surface area (Å²) in [7, 11) is 5.08. The van der Waals surface area contributed by atoms with Gasteiger partial charge in [0, 0.05) is 36.0 Å². The summed E-state index contributed by atoms with van der Waals surface area (Å²) in [6.07, 6.45) is 9.35. The highest BCUT2D eigenvalue weighted by Crippen LogP contribution is 2.31. The standard InChI is InChI=1S/C34H47N5O5S2/c1-4-23(2)21-29-34(43)39-19-8-10-30(39)33(42)36-27(9-6-5-7-20-45-46-26-15-17-35-18-16-26)31(40)37-28(32(41)38-29)22-24-11-13-25(44-3)14-12-24/h11-18,23,27-30H,4-10,19-22H2,1-3H3,(H,36,42)(H,37,40)(H,38,41)/t23?,27-,28+,29+,30-/m0/s1. The van der Waals surface area contributed by atoms with Crippen LogP contribution in [-0.4, -0.2) is 77.1 Å². The molecule has 2 aliphatic heterocycles. The largest absolute Gasteiger partial charge is 0.497 e. The van der Waals surface area contributed by atoms with Gasteiger partial charge in [-0.2, -0.15) is 0 Å². The van der Waals surface area contributed by atoms with Crippen LogP contribution in [0, 0.1) is 5.92 Å². The summed E-state index contributed by atoms with van der Waals surface area (Å²) in [5, 5.41) is 8.89. The predicted molar refractivity (Wildman–Crippen MR) is 182 cm³/mol. The van der Waals surface area contributed by atoms with Crippen LogP contribution in [0.4, 0.5) is 0 Å². The van der Waals surface area contributed by atoms with Crippen molar-refractivity contribution in [2.75, 3.05) is 19.4 Å². The Balaban J connectivity index is 1.48. The third-order valence-corrected chi connectivity index (χ3v) is 11.1. The molecule has 12 heteroatoms. The van der Waals surface area contributed by atoms with E-state index in [0.29, 0.717) is 38.0 Å². The van der Waals surface area contributed by atoms with Crippen LogP contribution < -0.4 is 20.7 Å². The third-order valence-electron chi connectivity index (χ3n) is 8.68. The number of aromatic nitrogens is 1. The molecule has 46 heavy (non-hydrogen) atoms. The van der Waals surface area contributed by atoms with Crippen molar-refractivity contribution >= 4 is 45.2 Å². The van der Waals surface area contributed by atoms with Gasteiger partial charge in [-0.15, -0.1) is 0 Å². The lowest BCUT2D eigenvalue weighted by Gasteiger charge is -2.33. The molecular weight excluding hydrogens is 623 g/mol. The molecule has 4 rings (SSSR count). The first-order valence-corrected chi connectivity index (χ1v) is 18.6. The van der Waals surface area contributed by atoms with Crippen LogP contribution >= 0.6 is 21.6 Å². The minimum absolute atomic E-state index is 0.184. The maximum Gasteiger partial charge on any atom is 0.245 e. The van der Waals surface area contributed by atoms with Crippen LogP contribution in [0.2, 0.25) is 0 Å². The molecule has 2 fully saturated rings. The van der Waals surface area contributed by atoms with E-state index in [2.05, 4.69) is 20.9 Å². The summed E-state index contributed by atoms with van der Waals surface area (Å²) in [6, 6.07) is 8.11. The number of nitrogens with zero attached hydrogens (tertiary/aromatic N) is 2. The number of benzene rings is 1. The number of hydrogen-bond donors (Lipinski definition) is 3. The predicted octanol–water partition coefficient (Wildman–Crippen LogP) is 4.53. The number of hydrogen-bond acceptors (Lipinski definition) is 8. The van der Waals surface area contributed by atoms with Gasteiger partial charge in [0.05, 0.1) is 7.11 Å². The van der Waals surface area contributed by atoms with Gasteiger partial charge in [-0.25, -0.2) is 0 Å². The smallest absolute Gasteiger partial charge is 0.245 e. The van der Waals surface area contributed by atoms with Crippen LogP contribution in [0.25, 0.3) is 0 Å². The monoisotopic (exact) mass is 669 g/mol. The van der Waals surface area contributed by atoms with E-state index in [1.165, 1.54) is 0 Å². The van der Waals surface area contributed by atoms with Crippen molar-refractivity contribution in [3.8, 4) is 5.75 Å². The van der Waals surface area contributed by atoms with E-state index < -0.39 is 30.1 Å². The molecule has 1 aromatic carbocycles. The highest BCUT2D eigenvalue weighted by atomic mass is 33.1. The first-order chi connectivity index (χ1) is 22.3. The van der Waals surface area contributed by atoms with Crippen LogP contribution in [0.5, 0.6) is 5.75 Å². The lowest BCUT2D eigenvalue weighted by molar-refractivity contribution is -0.143. The van der Waals surface area contributed by atoms with Crippen LogP contribution in [0.1, 0.15) is 70.8 Å². The number of pyridine rings is 1. The molecule has 1 aromatic heterocycles. The molecule has 0 saturated carbocycles. The normalized spacial score (nSPS) is 23.0. The third kappa shape index (κ3) is 10.4. The summed E-state index contributed by atoms with van der Waals surface area (Å²) in [5.74, 6) is 0.486. The van der Waals surface area contributed by atoms with Gasteiger partial charge in [0.15, 0.2) is 0 Å². The fourth-order valence-corrected chi connectivity index (χ4v) is 7.89. The SMILES string of the molecule is CCC(C)C[C@H]1NC(=O)[C@@H](Cc2ccc(OC)cc2)NC(=O)[C@H](CCCCCSSc2ccncc2)NC(=O)[C@@H]2CCCN2C1=O. The quantitative estimate of drug-likeness (QED) is 0.198. The first kappa shape index (κ1) is 35.6. The van der Waals surface area contributed by atoms with Crippen LogP contribution in [-0.2, 0) is 25.6 Å². The number of amides is 4. The maximum atomic E-state index is 13.9. The number of rotatable bonds is 14.